The van der Waals surface area contributed by atoms with Crippen LogP contribution in [-0.2, 0) is 5.92 Å². The van der Waals surface area contributed by atoms with E-state index >= 15 is 0 Å². The molecule has 1 aromatic carbocycles. The lowest BCUT2D eigenvalue weighted by molar-refractivity contribution is 0.0174. The van der Waals surface area contributed by atoms with E-state index in [4.69, 9.17) is 0 Å². The largest absolute Gasteiger partial charge is 0.371 e. The van der Waals surface area contributed by atoms with Gasteiger partial charge in [-0.05, 0) is 37.5 Å². The molecule has 0 N–H and O–H groups in total. The summed E-state index contributed by atoms with van der Waals surface area (Å²) in [6.45, 7) is 4.94. The third-order valence-corrected chi connectivity index (χ3v) is 3.15. The van der Waals surface area contributed by atoms with Gasteiger partial charge in [0.25, 0.3) is 5.92 Å². The van der Waals surface area contributed by atoms with Crippen LogP contribution in [-0.4, -0.2) is 13.1 Å². The minimum Gasteiger partial charge on any atom is -0.371 e. The third kappa shape index (κ3) is 2.18. The summed E-state index contributed by atoms with van der Waals surface area (Å²) in [6, 6.07) is 4.97. The zero-order valence-electron chi connectivity index (χ0n) is 9.76. The maximum absolute atomic E-state index is 13.1. The molecule has 0 radical (unpaired) electrons. The van der Waals surface area contributed by atoms with Crippen molar-refractivity contribution in [2.24, 2.45) is 0 Å². The Morgan fingerprint density at radius 3 is 2.31 bits per heavy atom. The van der Waals surface area contributed by atoms with Crippen LogP contribution in [0.2, 0.25) is 0 Å². The van der Waals surface area contributed by atoms with Gasteiger partial charge >= 0.3 is 0 Å². The van der Waals surface area contributed by atoms with Crippen molar-refractivity contribution in [1.82, 2.24) is 0 Å². The molecule has 1 aromatic rings. The van der Waals surface area contributed by atoms with Gasteiger partial charge in [-0.15, -0.1) is 0 Å². The Morgan fingerprint density at radius 1 is 1.19 bits per heavy atom. The molecule has 1 fully saturated rings. The van der Waals surface area contributed by atoms with Gasteiger partial charge in [-0.25, -0.2) is 8.78 Å². The second-order valence-corrected chi connectivity index (χ2v) is 4.58. The summed E-state index contributed by atoms with van der Waals surface area (Å²) < 4.78 is 26.3. The highest BCUT2D eigenvalue weighted by Gasteiger charge is 2.25. The first-order valence-corrected chi connectivity index (χ1v) is 5.72. The number of benzene rings is 1. The molecule has 0 saturated carbocycles. The van der Waals surface area contributed by atoms with Crippen molar-refractivity contribution >= 4 is 5.69 Å². The molecule has 0 aliphatic carbocycles. The lowest BCUT2D eigenvalue weighted by Gasteiger charge is -2.21. The number of alkyl halides is 2. The quantitative estimate of drug-likeness (QED) is 0.741. The molecular formula is C13H17F2N. The van der Waals surface area contributed by atoms with E-state index in [2.05, 4.69) is 4.90 Å². The number of hydrogen-bond acceptors (Lipinski definition) is 1. The Bertz CT molecular complexity index is 376. The van der Waals surface area contributed by atoms with E-state index in [-0.39, 0.29) is 5.56 Å². The first kappa shape index (κ1) is 11.4. The Labute approximate surface area is 95.1 Å². The van der Waals surface area contributed by atoms with Crippen LogP contribution in [0.15, 0.2) is 18.2 Å². The van der Waals surface area contributed by atoms with Crippen LogP contribution in [0, 0.1) is 6.92 Å². The monoisotopic (exact) mass is 225 g/mol. The second-order valence-electron chi connectivity index (χ2n) is 4.58. The Kier molecular flexibility index (Phi) is 2.87. The first-order chi connectivity index (χ1) is 7.48. The van der Waals surface area contributed by atoms with Gasteiger partial charge < -0.3 is 4.90 Å². The highest BCUT2D eigenvalue weighted by atomic mass is 19.3. The van der Waals surface area contributed by atoms with Crippen LogP contribution < -0.4 is 4.90 Å². The smallest absolute Gasteiger partial charge is 0.270 e. The minimum absolute atomic E-state index is 0.105. The summed E-state index contributed by atoms with van der Waals surface area (Å²) in [7, 11) is 0. The Balaban J connectivity index is 2.29. The van der Waals surface area contributed by atoms with Gasteiger partial charge in [-0.3, -0.25) is 0 Å². The number of hydrogen-bond donors (Lipinski definition) is 0. The summed E-state index contributed by atoms with van der Waals surface area (Å²) in [4.78, 5) is 2.27. The first-order valence-electron chi connectivity index (χ1n) is 5.72. The third-order valence-electron chi connectivity index (χ3n) is 3.15. The fraction of sp³-hybridized carbons (Fsp3) is 0.538. The number of nitrogens with zero attached hydrogens (tertiary/aromatic N) is 1. The number of aryl methyl sites for hydroxylation is 1. The molecule has 0 aromatic heterocycles. The SMILES string of the molecule is Cc1cc(C(C)(F)F)ccc1N1CCCC1. The van der Waals surface area contributed by atoms with Gasteiger partial charge in [-0.2, -0.15) is 0 Å². The predicted molar refractivity (Wildman–Crippen MR) is 62.2 cm³/mol. The maximum Gasteiger partial charge on any atom is 0.270 e. The van der Waals surface area contributed by atoms with Crippen molar-refractivity contribution in [1.29, 1.82) is 0 Å². The van der Waals surface area contributed by atoms with Crippen LogP contribution >= 0.6 is 0 Å². The highest BCUT2D eigenvalue weighted by molar-refractivity contribution is 5.55. The van der Waals surface area contributed by atoms with Crippen molar-refractivity contribution in [2.75, 3.05) is 18.0 Å². The van der Waals surface area contributed by atoms with Crippen LogP contribution in [0.3, 0.4) is 0 Å². The molecule has 1 nitrogen and oxygen atoms in total. The van der Waals surface area contributed by atoms with Crippen LogP contribution in [0.25, 0.3) is 0 Å². The molecule has 1 aliphatic heterocycles. The molecule has 3 heteroatoms. The van der Waals surface area contributed by atoms with Gasteiger partial charge in [0.15, 0.2) is 0 Å². The zero-order valence-corrected chi connectivity index (χ0v) is 9.76. The van der Waals surface area contributed by atoms with Crippen molar-refractivity contribution in [3.63, 3.8) is 0 Å². The summed E-state index contributed by atoms with van der Waals surface area (Å²) in [5.74, 6) is -2.74. The van der Waals surface area contributed by atoms with Crippen molar-refractivity contribution in [2.45, 2.75) is 32.6 Å². The fourth-order valence-corrected chi connectivity index (χ4v) is 2.24. The molecule has 1 aliphatic rings. The lowest BCUT2D eigenvalue weighted by atomic mass is 10.0. The molecule has 0 amide bonds. The van der Waals surface area contributed by atoms with E-state index in [0.717, 1.165) is 31.3 Å². The fourth-order valence-electron chi connectivity index (χ4n) is 2.24. The van der Waals surface area contributed by atoms with Crippen LogP contribution in [0.5, 0.6) is 0 Å². The molecule has 16 heavy (non-hydrogen) atoms. The van der Waals surface area contributed by atoms with E-state index in [1.54, 1.807) is 12.1 Å². The minimum atomic E-state index is -2.74. The average molecular weight is 225 g/mol. The molecule has 1 heterocycles. The topological polar surface area (TPSA) is 3.24 Å². The lowest BCUT2D eigenvalue weighted by Crippen LogP contribution is -2.19. The second kappa shape index (κ2) is 4.04. The molecule has 0 spiro atoms. The predicted octanol–water partition coefficient (Wildman–Crippen LogP) is 3.71. The normalized spacial score (nSPS) is 16.9. The summed E-state index contributed by atoms with van der Waals surface area (Å²) in [6.07, 6.45) is 2.40. The number of halogens is 2. The standard InChI is InChI=1S/C13H17F2N/c1-10-9-11(13(2,14)15)5-6-12(10)16-7-3-4-8-16/h5-6,9H,3-4,7-8H2,1-2H3. The van der Waals surface area contributed by atoms with Gasteiger partial charge in [-0.1, -0.05) is 6.07 Å². The summed E-state index contributed by atoms with van der Waals surface area (Å²) in [5, 5.41) is 0. The van der Waals surface area contributed by atoms with Crippen molar-refractivity contribution < 1.29 is 8.78 Å². The van der Waals surface area contributed by atoms with E-state index in [1.165, 1.54) is 12.8 Å². The van der Waals surface area contributed by atoms with E-state index < -0.39 is 5.92 Å². The van der Waals surface area contributed by atoms with E-state index in [9.17, 15) is 8.78 Å². The van der Waals surface area contributed by atoms with Gasteiger partial charge in [0, 0.05) is 31.3 Å². The number of anilines is 1. The van der Waals surface area contributed by atoms with Gasteiger partial charge in [0.1, 0.15) is 0 Å². The molecule has 0 atom stereocenters. The van der Waals surface area contributed by atoms with Crippen LogP contribution in [0.1, 0.15) is 30.9 Å². The molecule has 0 unspecified atom stereocenters. The average Bonchev–Trinajstić information content (AvgIpc) is 2.69. The molecule has 88 valence electrons. The van der Waals surface area contributed by atoms with E-state index in [0.29, 0.717) is 0 Å². The highest BCUT2D eigenvalue weighted by Crippen LogP contribution is 2.31. The maximum atomic E-state index is 13.1. The van der Waals surface area contributed by atoms with Crippen molar-refractivity contribution in [3.05, 3.63) is 29.3 Å². The van der Waals surface area contributed by atoms with Gasteiger partial charge in [0.2, 0.25) is 0 Å². The summed E-state index contributed by atoms with van der Waals surface area (Å²) in [5.41, 5.74) is 2.15. The molecular weight excluding hydrogens is 208 g/mol. The zero-order chi connectivity index (χ0) is 11.8. The van der Waals surface area contributed by atoms with Crippen molar-refractivity contribution in [3.8, 4) is 0 Å². The molecule has 2 rings (SSSR count). The summed E-state index contributed by atoms with van der Waals surface area (Å²) >= 11 is 0. The van der Waals surface area contributed by atoms with Gasteiger partial charge in [0.05, 0.1) is 0 Å². The Morgan fingerprint density at radius 2 is 1.81 bits per heavy atom. The van der Waals surface area contributed by atoms with Crippen LogP contribution in [0.4, 0.5) is 14.5 Å². The molecule has 1 saturated heterocycles. The van der Waals surface area contributed by atoms with E-state index in [1.807, 2.05) is 13.0 Å². The molecule has 0 bridgehead atoms. The Hall–Kier alpha value is -1.12. The number of rotatable bonds is 2.